The molecule has 5 heteroatoms. The number of fused-ring (bicyclic) bond motifs is 1. The minimum Gasteiger partial charge on any atom is -0.462 e. The summed E-state index contributed by atoms with van der Waals surface area (Å²) in [5, 5.41) is 0. The lowest BCUT2D eigenvalue weighted by Gasteiger charge is -2.17. The fourth-order valence-electron chi connectivity index (χ4n) is 1.66. The topological polar surface area (TPSA) is 65.5 Å². The molecule has 0 fully saturated rings. The average Bonchev–Trinajstić information content (AvgIpc) is 2.15. The summed E-state index contributed by atoms with van der Waals surface area (Å²) in [4.78, 5) is 26.5. The van der Waals surface area contributed by atoms with Crippen LogP contribution in [0, 0.1) is 6.92 Å². The molecule has 2 rings (SSSR count). The number of rotatable bonds is 1. The van der Waals surface area contributed by atoms with Crippen LogP contribution in [0.4, 0.5) is 0 Å². The summed E-state index contributed by atoms with van der Waals surface area (Å²) in [6.45, 7) is 3.41. The molecular weight excluding hydrogens is 210 g/mol. The fourth-order valence-corrected chi connectivity index (χ4v) is 1.66. The first kappa shape index (κ1) is 10.6. The van der Waals surface area contributed by atoms with Crippen LogP contribution in [0.1, 0.15) is 28.5 Å². The maximum atomic E-state index is 11.5. The summed E-state index contributed by atoms with van der Waals surface area (Å²) in [6.07, 6.45) is 0.624. The average molecular weight is 221 g/mol. The third-order valence-electron chi connectivity index (χ3n) is 2.25. The van der Waals surface area contributed by atoms with E-state index in [0.717, 1.165) is 5.56 Å². The van der Waals surface area contributed by atoms with Gasteiger partial charge < -0.3 is 9.47 Å². The van der Waals surface area contributed by atoms with Crippen LogP contribution in [-0.4, -0.2) is 23.5 Å². The zero-order chi connectivity index (χ0) is 11.7. The second-order valence-electron chi connectivity index (χ2n) is 3.58. The van der Waals surface area contributed by atoms with Crippen LogP contribution in [0.25, 0.3) is 0 Å². The van der Waals surface area contributed by atoms with Gasteiger partial charge in [0.25, 0.3) is 0 Å². The molecule has 16 heavy (non-hydrogen) atoms. The van der Waals surface area contributed by atoms with Crippen LogP contribution in [-0.2, 0) is 16.0 Å². The largest absolute Gasteiger partial charge is 0.462 e. The molecule has 1 aromatic rings. The van der Waals surface area contributed by atoms with Gasteiger partial charge in [0, 0.05) is 19.0 Å². The predicted octanol–water partition coefficient (Wildman–Crippen LogP) is 1.03. The Kier molecular flexibility index (Phi) is 2.60. The highest BCUT2D eigenvalue weighted by Crippen LogP contribution is 2.26. The molecular formula is C11H11NO4. The Labute approximate surface area is 92.4 Å². The van der Waals surface area contributed by atoms with Gasteiger partial charge in [0.15, 0.2) is 0 Å². The van der Waals surface area contributed by atoms with Crippen LogP contribution >= 0.6 is 0 Å². The smallest absolute Gasteiger partial charge is 0.343 e. The van der Waals surface area contributed by atoms with Crippen molar-refractivity contribution in [1.82, 2.24) is 4.98 Å². The monoisotopic (exact) mass is 221 g/mol. The van der Waals surface area contributed by atoms with E-state index in [1.54, 1.807) is 6.92 Å². The van der Waals surface area contributed by atoms with E-state index in [1.165, 1.54) is 6.92 Å². The molecule has 0 aromatic carbocycles. The number of hydrogen-bond acceptors (Lipinski definition) is 5. The highest BCUT2D eigenvalue weighted by Gasteiger charge is 2.25. The molecule has 1 aromatic heterocycles. The van der Waals surface area contributed by atoms with E-state index in [2.05, 4.69) is 4.98 Å². The second kappa shape index (κ2) is 3.92. The molecule has 0 spiro atoms. The Morgan fingerprint density at radius 1 is 1.56 bits per heavy atom. The second-order valence-corrected chi connectivity index (χ2v) is 3.58. The molecule has 0 saturated heterocycles. The third kappa shape index (κ3) is 1.88. The summed E-state index contributed by atoms with van der Waals surface area (Å²) < 4.78 is 9.81. The van der Waals surface area contributed by atoms with Crippen molar-refractivity contribution in [3.8, 4) is 5.88 Å². The van der Waals surface area contributed by atoms with E-state index in [-0.39, 0.29) is 11.4 Å². The molecule has 0 amide bonds. The van der Waals surface area contributed by atoms with Gasteiger partial charge in [0.05, 0.1) is 6.61 Å². The summed E-state index contributed by atoms with van der Waals surface area (Å²) in [7, 11) is 0. The summed E-state index contributed by atoms with van der Waals surface area (Å²) in [5.41, 5.74) is 1.80. The maximum Gasteiger partial charge on any atom is 0.343 e. The van der Waals surface area contributed by atoms with E-state index in [4.69, 9.17) is 9.47 Å². The summed E-state index contributed by atoms with van der Waals surface area (Å²) in [6, 6.07) is 1.81. The molecule has 0 unspecified atom stereocenters. The standard InChI is InChI=1S/C11H11NO4/c1-6-5-8-3-4-15-11(14)9(8)10(12-6)16-7(2)13/h5H,3-4H2,1-2H3. The SMILES string of the molecule is CC(=O)Oc1nc(C)cc2c1C(=O)OCC2. The molecule has 0 N–H and O–H groups in total. The molecule has 1 aliphatic rings. The van der Waals surface area contributed by atoms with Gasteiger partial charge in [-0.3, -0.25) is 4.79 Å². The highest BCUT2D eigenvalue weighted by molar-refractivity contribution is 5.95. The Morgan fingerprint density at radius 3 is 3.00 bits per heavy atom. The number of ether oxygens (including phenoxy) is 2. The molecule has 0 atom stereocenters. The number of pyridine rings is 1. The minimum atomic E-state index is -0.501. The van der Waals surface area contributed by atoms with E-state index in [1.807, 2.05) is 6.07 Å². The van der Waals surface area contributed by atoms with Gasteiger partial charge in [-0.1, -0.05) is 0 Å². The van der Waals surface area contributed by atoms with Crippen molar-refractivity contribution in [2.75, 3.05) is 6.61 Å². The van der Waals surface area contributed by atoms with Gasteiger partial charge >= 0.3 is 11.9 Å². The molecule has 0 bridgehead atoms. The fraction of sp³-hybridized carbons (Fsp3) is 0.364. The van der Waals surface area contributed by atoms with Gasteiger partial charge in [-0.15, -0.1) is 0 Å². The molecule has 1 aliphatic heterocycles. The number of carbonyl (C=O) groups is 2. The highest BCUT2D eigenvalue weighted by atomic mass is 16.6. The first-order valence-corrected chi connectivity index (χ1v) is 4.94. The van der Waals surface area contributed by atoms with Crippen molar-refractivity contribution in [3.05, 3.63) is 22.9 Å². The van der Waals surface area contributed by atoms with Crippen molar-refractivity contribution in [2.45, 2.75) is 20.3 Å². The van der Waals surface area contributed by atoms with Crippen LogP contribution in [0.15, 0.2) is 6.07 Å². The normalized spacial score (nSPS) is 14.0. The minimum absolute atomic E-state index is 0.0483. The van der Waals surface area contributed by atoms with Gasteiger partial charge in [-0.05, 0) is 18.6 Å². The maximum absolute atomic E-state index is 11.5. The van der Waals surface area contributed by atoms with E-state index in [0.29, 0.717) is 18.7 Å². The lowest BCUT2D eigenvalue weighted by atomic mass is 10.0. The number of cyclic esters (lactones) is 1. The first-order valence-electron chi connectivity index (χ1n) is 4.94. The number of nitrogens with zero attached hydrogens (tertiary/aromatic N) is 1. The third-order valence-corrected chi connectivity index (χ3v) is 2.25. The van der Waals surface area contributed by atoms with Crippen LogP contribution in [0.3, 0.4) is 0 Å². The van der Waals surface area contributed by atoms with E-state index >= 15 is 0 Å². The number of hydrogen-bond donors (Lipinski definition) is 0. The van der Waals surface area contributed by atoms with Crippen molar-refractivity contribution >= 4 is 11.9 Å². The summed E-state index contributed by atoms with van der Waals surface area (Å²) >= 11 is 0. The Bertz CT molecular complexity index is 467. The first-order chi connectivity index (χ1) is 7.58. The zero-order valence-electron chi connectivity index (χ0n) is 9.07. The van der Waals surface area contributed by atoms with Crippen molar-refractivity contribution in [3.63, 3.8) is 0 Å². The lowest BCUT2D eigenvalue weighted by molar-refractivity contribution is -0.132. The molecule has 0 aliphatic carbocycles. The quantitative estimate of drug-likeness (QED) is 0.662. The van der Waals surface area contributed by atoms with Crippen LogP contribution < -0.4 is 4.74 Å². The van der Waals surface area contributed by atoms with Gasteiger partial charge in [-0.25, -0.2) is 9.78 Å². The molecule has 2 heterocycles. The summed E-state index contributed by atoms with van der Waals surface area (Å²) in [5.74, 6) is -0.934. The van der Waals surface area contributed by atoms with Crippen LogP contribution in [0.2, 0.25) is 0 Å². The Morgan fingerprint density at radius 2 is 2.31 bits per heavy atom. The van der Waals surface area contributed by atoms with Gasteiger partial charge in [-0.2, -0.15) is 0 Å². The van der Waals surface area contributed by atoms with Crippen molar-refractivity contribution in [1.29, 1.82) is 0 Å². The molecule has 5 nitrogen and oxygen atoms in total. The van der Waals surface area contributed by atoms with E-state index in [9.17, 15) is 9.59 Å². The lowest BCUT2D eigenvalue weighted by Crippen LogP contribution is -2.21. The molecule has 84 valence electrons. The number of esters is 2. The van der Waals surface area contributed by atoms with E-state index < -0.39 is 11.9 Å². The number of carbonyl (C=O) groups excluding carboxylic acids is 2. The number of aryl methyl sites for hydroxylation is 1. The molecule has 0 saturated carbocycles. The van der Waals surface area contributed by atoms with Gasteiger partial charge in [0.1, 0.15) is 5.56 Å². The van der Waals surface area contributed by atoms with Crippen molar-refractivity contribution in [2.24, 2.45) is 0 Å². The zero-order valence-corrected chi connectivity index (χ0v) is 9.07. The van der Waals surface area contributed by atoms with Crippen molar-refractivity contribution < 1.29 is 19.1 Å². The number of aromatic nitrogens is 1. The van der Waals surface area contributed by atoms with Gasteiger partial charge in [0.2, 0.25) is 5.88 Å². The Balaban J connectivity index is 2.54. The predicted molar refractivity (Wildman–Crippen MR) is 54.3 cm³/mol. The Hall–Kier alpha value is -1.91. The molecule has 0 radical (unpaired) electrons. The van der Waals surface area contributed by atoms with Crippen LogP contribution in [0.5, 0.6) is 5.88 Å².